The van der Waals surface area contributed by atoms with Crippen LogP contribution in [-0.4, -0.2) is 13.1 Å². The first kappa shape index (κ1) is 14.6. The van der Waals surface area contributed by atoms with Crippen LogP contribution in [0.2, 0.25) is 5.02 Å². The first-order chi connectivity index (χ1) is 8.40. The van der Waals surface area contributed by atoms with Crippen molar-refractivity contribution in [3.8, 4) is 0 Å². The maximum absolute atomic E-state index is 12.1. The fraction of sp³-hybridized carbons (Fsp3) is 0.357. The Balaban J connectivity index is 3.45. The summed E-state index contributed by atoms with van der Waals surface area (Å²) in [6.07, 6.45) is 0. The van der Waals surface area contributed by atoms with E-state index in [-0.39, 0.29) is 6.03 Å². The molecule has 2 amide bonds. The Hall–Kier alpha value is -1.48. The fourth-order valence-corrected chi connectivity index (χ4v) is 1.97. The minimum absolute atomic E-state index is 0.190. The second-order valence-corrected chi connectivity index (χ2v) is 4.79. The number of anilines is 1. The molecule has 1 rings (SSSR count). The Morgan fingerprint density at radius 1 is 1.28 bits per heavy atom. The predicted octanol–water partition coefficient (Wildman–Crippen LogP) is 4.11. The van der Waals surface area contributed by atoms with Crippen molar-refractivity contribution in [3.63, 3.8) is 0 Å². The molecule has 18 heavy (non-hydrogen) atoms. The van der Waals surface area contributed by atoms with Crippen molar-refractivity contribution in [3.05, 3.63) is 40.1 Å². The molecule has 0 bridgehead atoms. The largest absolute Gasteiger partial charge is 0.340 e. The van der Waals surface area contributed by atoms with Crippen LogP contribution < -0.4 is 10.2 Å². The molecule has 0 saturated carbocycles. The normalized spacial score (nSPS) is 9.89. The summed E-state index contributed by atoms with van der Waals surface area (Å²) in [6.45, 7) is 7.79. The molecule has 1 aromatic rings. The summed E-state index contributed by atoms with van der Waals surface area (Å²) in [7, 11) is 1.61. The molecule has 1 aromatic carbocycles. The van der Waals surface area contributed by atoms with Crippen molar-refractivity contribution < 1.29 is 4.79 Å². The number of nitrogens with one attached hydrogen (secondary N) is 1. The quantitative estimate of drug-likeness (QED) is 0.858. The van der Waals surface area contributed by atoms with Crippen molar-refractivity contribution in [2.24, 2.45) is 0 Å². The van der Waals surface area contributed by atoms with Gasteiger partial charge < -0.3 is 5.32 Å². The number of rotatable bonds is 2. The first-order valence-corrected chi connectivity index (χ1v) is 6.19. The second-order valence-electron chi connectivity index (χ2n) is 4.38. The van der Waals surface area contributed by atoms with Crippen LogP contribution in [0.25, 0.3) is 0 Å². The number of aryl methyl sites for hydroxylation is 1. The molecule has 0 aliphatic heterocycles. The van der Waals surface area contributed by atoms with Gasteiger partial charge in [-0.15, -0.1) is 0 Å². The summed E-state index contributed by atoms with van der Waals surface area (Å²) in [4.78, 5) is 13.7. The molecule has 0 fully saturated rings. The third-order valence-electron chi connectivity index (χ3n) is 2.89. The molecular formula is C14H19ClN2O. The van der Waals surface area contributed by atoms with Crippen molar-refractivity contribution in [2.75, 3.05) is 11.9 Å². The highest BCUT2D eigenvalue weighted by atomic mass is 35.5. The molecule has 0 spiro atoms. The zero-order chi connectivity index (χ0) is 13.9. The number of nitrogens with zero attached hydrogens (tertiary/aromatic N) is 1. The van der Waals surface area contributed by atoms with Crippen LogP contribution in [0.15, 0.2) is 29.5 Å². The van der Waals surface area contributed by atoms with E-state index in [9.17, 15) is 4.79 Å². The van der Waals surface area contributed by atoms with Crippen LogP contribution in [0.1, 0.15) is 26.3 Å². The molecule has 0 aromatic heterocycles. The Kier molecular flexibility index (Phi) is 4.79. The minimum Gasteiger partial charge on any atom is -0.340 e. The molecule has 0 heterocycles. The highest BCUT2D eigenvalue weighted by Crippen LogP contribution is 2.32. The van der Waals surface area contributed by atoms with Gasteiger partial charge in [-0.3, -0.25) is 4.90 Å². The molecular weight excluding hydrogens is 248 g/mol. The second kappa shape index (κ2) is 5.91. The first-order valence-electron chi connectivity index (χ1n) is 5.81. The zero-order valence-corrected chi connectivity index (χ0v) is 12.2. The molecule has 4 heteroatoms. The Labute approximate surface area is 113 Å². The van der Waals surface area contributed by atoms with E-state index in [4.69, 9.17) is 11.6 Å². The minimum atomic E-state index is -0.190. The van der Waals surface area contributed by atoms with Gasteiger partial charge in [-0.1, -0.05) is 29.3 Å². The van der Waals surface area contributed by atoms with Crippen LogP contribution in [0.5, 0.6) is 0 Å². The molecule has 0 saturated heterocycles. The van der Waals surface area contributed by atoms with Crippen molar-refractivity contribution in [1.82, 2.24) is 5.32 Å². The number of halogens is 1. The lowest BCUT2D eigenvalue weighted by atomic mass is 10.1. The van der Waals surface area contributed by atoms with Crippen LogP contribution in [0.4, 0.5) is 10.5 Å². The zero-order valence-electron chi connectivity index (χ0n) is 11.5. The van der Waals surface area contributed by atoms with Crippen molar-refractivity contribution in [2.45, 2.75) is 27.7 Å². The maximum atomic E-state index is 12.1. The monoisotopic (exact) mass is 266 g/mol. The van der Waals surface area contributed by atoms with Gasteiger partial charge in [0.2, 0.25) is 0 Å². The molecule has 0 radical (unpaired) electrons. The predicted molar refractivity (Wildman–Crippen MR) is 77.2 cm³/mol. The molecule has 1 N–H and O–H groups in total. The number of benzene rings is 1. The highest BCUT2D eigenvalue weighted by Gasteiger charge is 2.21. The molecule has 0 unspecified atom stereocenters. The topological polar surface area (TPSA) is 32.3 Å². The number of hydrogen-bond donors (Lipinski definition) is 1. The Morgan fingerprint density at radius 2 is 1.89 bits per heavy atom. The van der Waals surface area contributed by atoms with Crippen LogP contribution >= 0.6 is 11.6 Å². The van der Waals surface area contributed by atoms with Gasteiger partial charge in [0.05, 0.1) is 10.7 Å². The Morgan fingerprint density at radius 3 is 2.33 bits per heavy atom. The van der Waals surface area contributed by atoms with Gasteiger partial charge in [-0.2, -0.15) is 0 Å². The number of hydrogen-bond acceptors (Lipinski definition) is 1. The average molecular weight is 267 g/mol. The summed E-state index contributed by atoms with van der Waals surface area (Å²) >= 11 is 6.23. The van der Waals surface area contributed by atoms with E-state index in [1.807, 2.05) is 39.8 Å². The molecule has 0 aliphatic carbocycles. The smallest absolute Gasteiger partial charge is 0.326 e. The van der Waals surface area contributed by atoms with E-state index >= 15 is 0 Å². The van der Waals surface area contributed by atoms with E-state index in [1.165, 1.54) is 0 Å². The van der Waals surface area contributed by atoms with Gasteiger partial charge in [0.1, 0.15) is 0 Å². The lowest BCUT2D eigenvalue weighted by Gasteiger charge is -2.26. The number of carbonyl (C=O) groups excluding carboxylic acids is 1. The van der Waals surface area contributed by atoms with E-state index in [0.717, 1.165) is 22.5 Å². The highest BCUT2D eigenvalue weighted by molar-refractivity contribution is 6.34. The van der Waals surface area contributed by atoms with Gasteiger partial charge in [-0.25, -0.2) is 4.79 Å². The molecule has 98 valence electrons. The van der Waals surface area contributed by atoms with Crippen molar-refractivity contribution in [1.29, 1.82) is 0 Å². The Bertz CT molecular complexity index is 470. The summed E-state index contributed by atoms with van der Waals surface area (Å²) in [5.41, 5.74) is 3.65. The van der Waals surface area contributed by atoms with E-state index in [1.54, 1.807) is 18.0 Å². The van der Waals surface area contributed by atoms with Crippen molar-refractivity contribution >= 4 is 23.3 Å². The third-order valence-corrected chi connectivity index (χ3v) is 3.19. The van der Waals surface area contributed by atoms with Gasteiger partial charge in [0, 0.05) is 12.7 Å². The van der Waals surface area contributed by atoms with Gasteiger partial charge in [0.15, 0.2) is 0 Å². The SMILES string of the molecule is CNC(=O)N(C(C)=C(C)C)c1c(C)cccc1Cl. The fourth-order valence-electron chi connectivity index (χ4n) is 1.66. The number of para-hydroxylation sites is 1. The molecule has 3 nitrogen and oxygen atoms in total. The van der Waals surface area contributed by atoms with Gasteiger partial charge in [-0.05, 0) is 39.3 Å². The summed E-state index contributed by atoms with van der Waals surface area (Å²) in [6, 6.07) is 5.42. The standard InChI is InChI=1S/C14H19ClN2O/c1-9(2)11(4)17(14(18)16-5)13-10(3)7-6-8-12(13)15/h6-8H,1-5H3,(H,16,18). The third kappa shape index (κ3) is 2.85. The van der Waals surface area contributed by atoms with Crippen LogP contribution in [0, 0.1) is 6.92 Å². The summed E-state index contributed by atoms with van der Waals surface area (Å²) < 4.78 is 0. The summed E-state index contributed by atoms with van der Waals surface area (Å²) in [5.74, 6) is 0. The van der Waals surface area contributed by atoms with Crippen LogP contribution in [0.3, 0.4) is 0 Å². The average Bonchev–Trinajstić information content (AvgIpc) is 2.32. The maximum Gasteiger partial charge on any atom is 0.326 e. The number of carbonyl (C=O) groups is 1. The molecule has 0 atom stereocenters. The molecule has 0 aliphatic rings. The van der Waals surface area contributed by atoms with E-state index in [0.29, 0.717) is 5.02 Å². The van der Waals surface area contributed by atoms with E-state index < -0.39 is 0 Å². The van der Waals surface area contributed by atoms with Gasteiger partial charge >= 0.3 is 6.03 Å². The lowest BCUT2D eigenvalue weighted by molar-refractivity contribution is 0.249. The lowest BCUT2D eigenvalue weighted by Crippen LogP contribution is -2.37. The number of allylic oxidation sites excluding steroid dienone is 2. The van der Waals surface area contributed by atoms with Gasteiger partial charge in [0.25, 0.3) is 0 Å². The number of amides is 2. The van der Waals surface area contributed by atoms with E-state index in [2.05, 4.69) is 5.32 Å². The summed E-state index contributed by atoms with van der Waals surface area (Å²) in [5, 5.41) is 3.22. The van der Waals surface area contributed by atoms with Crippen LogP contribution in [-0.2, 0) is 0 Å². The number of urea groups is 1.